The summed E-state index contributed by atoms with van der Waals surface area (Å²) in [5.74, 6) is 3.29. The fourth-order valence-corrected chi connectivity index (χ4v) is 12.3. The van der Waals surface area contributed by atoms with Crippen molar-refractivity contribution in [2.45, 2.75) is 217 Å². The number of phosphoric ester groups is 1. The molecule has 0 saturated heterocycles. The van der Waals surface area contributed by atoms with Gasteiger partial charge >= 0.3 is 17.9 Å². The lowest BCUT2D eigenvalue weighted by Crippen LogP contribution is -2.46. The Bertz CT molecular complexity index is 3600. The van der Waals surface area contributed by atoms with E-state index in [9.17, 15) is 80.0 Å². The Labute approximate surface area is 785 Å². The van der Waals surface area contributed by atoms with Crippen molar-refractivity contribution < 1.29 is 135 Å². The summed E-state index contributed by atoms with van der Waals surface area (Å²) in [6.07, 6.45) is 8.23. The number of hydrogen-bond donors (Lipinski definition) is 4. The molecule has 0 spiro atoms. The number of ketones is 2. The molecule has 0 aromatic rings. The van der Waals surface area contributed by atoms with E-state index < -0.39 is 49.7 Å². The number of allylic oxidation sites excluding steroid dienone is 1. The van der Waals surface area contributed by atoms with E-state index >= 15 is 0 Å². The number of sulfone groups is 1. The number of hydrogen-bond acceptors (Lipinski definition) is 22. The van der Waals surface area contributed by atoms with Crippen LogP contribution in [0.5, 0.6) is 0 Å². The quantitative estimate of drug-likeness (QED) is 0.00881. The first-order chi connectivity index (χ1) is 57.2. The second-order valence-electron chi connectivity index (χ2n) is 46.0. The van der Waals surface area contributed by atoms with Crippen molar-refractivity contribution in [2.75, 3.05) is 268 Å². The molecule has 0 fully saturated rings. The zero-order chi connectivity index (χ0) is 104. The number of amides is 4. The van der Waals surface area contributed by atoms with E-state index in [0.29, 0.717) is 122 Å². The maximum absolute atomic E-state index is 11.7. The predicted molar refractivity (Wildman–Crippen MR) is 516 cm³/mol. The molecule has 0 aromatic carbocycles. The van der Waals surface area contributed by atoms with Gasteiger partial charge in [0.25, 0.3) is 7.82 Å². The van der Waals surface area contributed by atoms with Crippen LogP contribution in [0.25, 0.3) is 0 Å². The van der Waals surface area contributed by atoms with E-state index in [4.69, 9.17) is 18.7 Å². The maximum atomic E-state index is 11.7. The van der Waals surface area contributed by atoms with Gasteiger partial charge in [-0.1, -0.05) is 105 Å². The summed E-state index contributed by atoms with van der Waals surface area (Å²) in [6, 6.07) is 0. The van der Waals surface area contributed by atoms with Gasteiger partial charge < -0.3 is 95.6 Å². The summed E-state index contributed by atoms with van der Waals surface area (Å²) in [4.78, 5) is 114. The molecular formula is C93H193N11O22PS2+3. The third-order valence-electron chi connectivity index (χ3n) is 18.9. The minimum atomic E-state index is -4.33. The number of carbonyl (C=O) groups is 9. The van der Waals surface area contributed by atoms with Crippen molar-refractivity contribution in [1.29, 1.82) is 0 Å². The molecule has 2 unspecified atom stereocenters. The number of nitrogens with zero attached hydrogens (tertiary/aromatic N) is 7. The Morgan fingerprint density at radius 2 is 0.612 bits per heavy atom. The SMILES string of the molecule is C=C([O-])CCC[N+](C)(C)CCCNC(=O)C(C)(C)C.C=C([O-])C[N+](C)(C)CCCNC(=O)C(C)(C)C.C=S(=O)([O-])CCC[N+](C)(C)CCOC(=O)C(C)(C)C.CC(=O)CC[N+](C)(C)CCCNC(=O)C(C)(C)C.CC(=O)C[N+](C)(C)CCOC(=O)C(C)(C)C.CC(C)(C)C(=O)NCCC[N+](C)(C)CCCS(C)(=O)=O.CC(C)(C)C(=O)OCCOP(=O)([O-])OCC[N+](C)(C)C. The molecule has 4 N–H and O–H groups in total. The van der Waals surface area contributed by atoms with Gasteiger partial charge in [-0.2, -0.15) is 0 Å². The highest BCUT2D eigenvalue weighted by atomic mass is 32.2. The second-order valence-corrected chi connectivity index (χ2v) is 51.6. The van der Waals surface area contributed by atoms with Crippen molar-refractivity contribution in [3.63, 3.8) is 0 Å². The number of Topliss-reactive ketones (excluding diaryl/α,β-unsaturated/α-hetero) is 2. The molecule has 0 aliphatic rings. The number of phosphoric acid groups is 1. The van der Waals surface area contributed by atoms with Gasteiger partial charge in [-0.3, -0.25) is 51.9 Å². The molecule has 129 heavy (non-hydrogen) atoms. The minimum Gasteiger partial charge on any atom is -0.876 e. The van der Waals surface area contributed by atoms with Gasteiger partial charge in [0.1, 0.15) is 68.2 Å². The Hall–Kier alpha value is -5.53. The number of quaternary nitrogens is 7. The van der Waals surface area contributed by atoms with Crippen LogP contribution in [0.2, 0.25) is 0 Å². The lowest BCUT2D eigenvalue weighted by molar-refractivity contribution is -0.890. The molecule has 0 bridgehead atoms. The molecule has 4 amide bonds. The van der Waals surface area contributed by atoms with Crippen molar-refractivity contribution in [1.82, 2.24) is 21.3 Å². The lowest BCUT2D eigenvalue weighted by Gasteiger charge is -2.32. The number of rotatable bonds is 49. The van der Waals surface area contributed by atoms with Crippen LogP contribution < -0.4 is 36.4 Å². The summed E-state index contributed by atoms with van der Waals surface area (Å²) >= 11 is 0. The average Bonchev–Trinajstić information content (AvgIpc) is 0.899. The summed E-state index contributed by atoms with van der Waals surface area (Å²) in [6.45, 7) is 61.9. The Morgan fingerprint density at radius 3 is 0.891 bits per heavy atom. The van der Waals surface area contributed by atoms with Gasteiger partial charge in [0.2, 0.25) is 23.6 Å². The second kappa shape index (κ2) is 61.5. The number of ether oxygens (including phenoxy) is 3. The van der Waals surface area contributed by atoms with Crippen molar-refractivity contribution in [3.8, 4) is 0 Å². The van der Waals surface area contributed by atoms with Crippen LogP contribution in [-0.4, -0.2) is 375 Å². The summed E-state index contributed by atoms with van der Waals surface area (Å²) in [7, 11) is 20.0. The average molecular weight is 1910 g/mol. The first kappa shape index (κ1) is 137. The van der Waals surface area contributed by atoms with E-state index in [2.05, 4.69) is 87.1 Å². The number of carbonyl (C=O) groups excluding carboxylic acids is 9. The maximum Gasteiger partial charge on any atom is 0.311 e. The van der Waals surface area contributed by atoms with E-state index in [1.807, 2.05) is 188 Å². The summed E-state index contributed by atoms with van der Waals surface area (Å²) < 4.78 is 84.9. The largest absolute Gasteiger partial charge is 0.876 e. The standard InChI is InChI=1S/C15H30N2O2.C14H30N2O3S.C14H28N2O2.C13H26N2O2.C13H27NO4S.C12H26NO6P.C12H24NO3/c1-13(18)9-7-11-17(5,6)12-8-10-16-14(19)15(2,3)4;1-14(2,3)13(17)15-9-7-10-16(4,5)11-8-12-20(6,18)19;1-12(17)8-11-16(5,6)10-7-9-15-13(18)14(2,3)4;1-11(16)10-15(5,6)9-7-8-14-12(17)13(2,3)4;1-13(2,3)12(15)18-10-9-14(4,5)8-7-11-19(6,16)17;1-12(2,3)11(14)17-9-10-19-20(15,16)18-8-7-13(4,5)6;1-10(14)9-13(5,6)7-8-16-11(15)12(2,3)4/h1,7-12H2,2-6H3,(H-,16,18,19);7-12H2,1-6H3;7-11H2,1-6H3;1,7-10H2,2-6H3,(H-,14,16,17);6-11H2,1-5H3;7-10H2,1-6H3;7-9H2,1-6H3/q;;;;;;+1/p+2. The molecule has 0 rings (SSSR count). The zero-order valence-corrected chi connectivity index (χ0v) is 91.4. The summed E-state index contributed by atoms with van der Waals surface area (Å²) in [5.41, 5.74) is -2.90. The zero-order valence-electron chi connectivity index (χ0n) is 88.8. The predicted octanol–water partition coefficient (Wildman–Crippen LogP) is 7.32. The van der Waals surface area contributed by atoms with E-state index in [1.165, 1.54) is 6.26 Å². The highest BCUT2D eigenvalue weighted by Crippen LogP contribution is 2.38. The Kier molecular flexibility index (Phi) is 65.0. The lowest BCUT2D eigenvalue weighted by atomic mass is 9.96. The van der Waals surface area contributed by atoms with Crippen LogP contribution >= 0.6 is 7.82 Å². The van der Waals surface area contributed by atoms with Crippen molar-refractivity contribution >= 4 is 86.4 Å². The normalized spacial score (nSPS) is 13.5. The molecule has 0 aliphatic carbocycles. The van der Waals surface area contributed by atoms with Crippen LogP contribution in [0.4, 0.5) is 0 Å². The van der Waals surface area contributed by atoms with Gasteiger partial charge in [-0.05, 0) is 82.1 Å². The Balaban J connectivity index is -0.000000270. The van der Waals surface area contributed by atoms with Crippen molar-refractivity contribution in [2.24, 2.45) is 37.9 Å². The van der Waals surface area contributed by atoms with E-state index in [0.717, 1.165) is 91.4 Å². The van der Waals surface area contributed by atoms with Crippen molar-refractivity contribution in [3.05, 3.63) is 24.7 Å². The molecule has 33 nitrogen and oxygen atoms in total. The van der Waals surface area contributed by atoms with Crippen LogP contribution in [-0.2, 0) is 90.6 Å². The van der Waals surface area contributed by atoms with Gasteiger partial charge in [-0.15, -0.1) is 18.9 Å². The molecule has 0 aromatic heterocycles. The molecular weight excluding hydrogens is 1720 g/mol. The van der Waals surface area contributed by atoms with E-state index in [-0.39, 0.29) is 112 Å². The monoisotopic (exact) mass is 1910 g/mol. The summed E-state index contributed by atoms with van der Waals surface area (Å²) in [5, 5.41) is 33.5. The smallest absolute Gasteiger partial charge is 0.311 e. The fourth-order valence-electron chi connectivity index (χ4n) is 10.4. The first-order valence-corrected chi connectivity index (χ1v) is 50.4. The molecule has 0 saturated carbocycles. The van der Waals surface area contributed by atoms with Gasteiger partial charge in [0.15, 0.2) is 5.78 Å². The first-order valence-electron chi connectivity index (χ1n) is 45.1. The number of esters is 3. The van der Waals surface area contributed by atoms with E-state index in [1.54, 1.807) is 34.6 Å². The third-order valence-corrected chi connectivity index (χ3v) is 21.9. The number of nitrogens with one attached hydrogen (secondary N) is 4. The van der Waals surface area contributed by atoms with Crippen LogP contribution in [0.15, 0.2) is 24.7 Å². The Morgan fingerprint density at radius 1 is 0.341 bits per heavy atom. The molecule has 0 radical (unpaired) electrons. The van der Waals surface area contributed by atoms with Gasteiger partial charge in [-0.25, -0.2) is 8.42 Å². The molecule has 2 atom stereocenters. The number of likely N-dealkylation sites (N-methyl/N-ethyl adjacent to an activating group) is 4. The highest BCUT2D eigenvalue weighted by Gasteiger charge is 2.30. The van der Waals surface area contributed by atoms with Gasteiger partial charge in [0, 0.05) is 105 Å². The molecule has 36 heteroatoms. The minimum absolute atomic E-state index is 0.0115. The van der Waals surface area contributed by atoms with Crippen LogP contribution in [0.3, 0.4) is 0 Å². The third kappa shape index (κ3) is 94.1. The molecule has 0 heterocycles. The highest BCUT2D eigenvalue weighted by molar-refractivity contribution is 7.95. The fraction of sp³-hybridized carbons (Fsp3) is 0.849. The van der Waals surface area contributed by atoms with Crippen LogP contribution in [0, 0.1) is 37.9 Å². The molecule has 0 aliphatic heterocycles. The topological polar surface area (TPSA) is 408 Å². The van der Waals surface area contributed by atoms with Gasteiger partial charge in [0.05, 0.1) is 200 Å². The van der Waals surface area contributed by atoms with Crippen LogP contribution in [0.1, 0.15) is 217 Å². The molecule has 766 valence electrons.